The third-order valence-corrected chi connectivity index (χ3v) is 3.60. The molecule has 1 heterocycles. The zero-order valence-electron chi connectivity index (χ0n) is 12.7. The van der Waals surface area contributed by atoms with Crippen molar-refractivity contribution in [1.82, 2.24) is 14.8 Å². The van der Waals surface area contributed by atoms with Crippen molar-refractivity contribution in [2.75, 3.05) is 5.32 Å². The zero-order chi connectivity index (χ0) is 16.4. The van der Waals surface area contributed by atoms with Gasteiger partial charge in [-0.1, -0.05) is 29.3 Å². The molecule has 3 aromatic rings. The van der Waals surface area contributed by atoms with Crippen molar-refractivity contribution in [3.63, 3.8) is 0 Å². The smallest absolute Gasteiger partial charge is 0.295 e. The van der Waals surface area contributed by atoms with Crippen molar-refractivity contribution in [2.24, 2.45) is 0 Å². The first-order valence-corrected chi connectivity index (χ1v) is 7.48. The summed E-state index contributed by atoms with van der Waals surface area (Å²) >= 11 is 5.89. The first-order chi connectivity index (χ1) is 11.0. The fourth-order valence-electron chi connectivity index (χ4n) is 2.14. The van der Waals surface area contributed by atoms with Gasteiger partial charge in [0.2, 0.25) is 5.82 Å². The number of benzene rings is 2. The molecule has 1 N–H and O–H groups in total. The number of anilines is 1. The van der Waals surface area contributed by atoms with Crippen LogP contribution in [-0.4, -0.2) is 20.7 Å². The van der Waals surface area contributed by atoms with Crippen LogP contribution >= 0.6 is 11.6 Å². The normalized spacial score (nSPS) is 10.6. The molecule has 0 aliphatic rings. The van der Waals surface area contributed by atoms with Gasteiger partial charge >= 0.3 is 0 Å². The number of carbonyl (C=O) groups is 1. The van der Waals surface area contributed by atoms with Gasteiger partial charge in [-0.2, -0.15) is 0 Å². The van der Waals surface area contributed by atoms with Crippen molar-refractivity contribution in [2.45, 2.75) is 13.8 Å². The Morgan fingerprint density at radius 3 is 2.35 bits per heavy atom. The first-order valence-electron chi connectivity index (χ1n) is 7.10. The van der Waals surface area contributed by atoms with Crippen LogP contribution in [-0.2, 0) is 0 Å². The largest absolute Gasteiger partial charge is 0.319 e. The monoisotopic (exact) mass is 326 g/mol. The Hall–Kier alpha value is -2.66. The lowest BCUT2D eigenvalue weighted by Crippen LogP contribution is -2.14. The first kappa shape index (κ1) is 15.2. The fourth-order valence-corrected chi connectivity index (χ4v) is 2.26. The molecule has 5 nitrogen and oxygen atoms in total. The second kappa shape index (κ2) is 6.22. The highest BCUT2D eigenvalue weighted by Gasteiger charge is 2.15. The average Bonchev–Trinajstić information content (AvgIpc) is 2.92. The molecule has 0 radical (unpaired) electrons. The molecule has 0 saturated carbocycles. The minimum atomic E-state index is -0.343. The van der Waals surface area contributed by atoms with Gasteiger partial charge in [-0.15, -0.1) is 5.10 Å². The predicted molar refractivity (Wildman–Crippen MR) is 90.2 cm³/mol. The molecule has 0 atom stereocenters. The number of rotatable bonds is 3. The van der Waals surface area contributed by atoms with Crippen LogP contribution in [0.1, 0.15) is 22.0 Å². The standard InChI is InChI=1S/C17H15ClN4O/c1-11-3-7-14(8-4-11)20-17(23)16-19-12(2)22(21-16)15-9-5-13(18)6-10-15/h3-10H,1-2H3,(H,20,23). The molecular formula is C17H15ClN4O. The second-order valence-electron chi connectivity index (χ2n) is 5.19. The second-order valence-corrected chi connectivity index (χ2v) is 5.63. The molecule has 0 spiro atoms. The molecule has 0 unspecified atom stereocenters. The van der Waals surface area contributed by atoms with Crippen molar-refractivity contribution >= 4 is 23.2 Å². The summed E-state index contributed by atoms with van der Waals surface area (Å²) in [5.41, 5.74) is 2.64. The maximum absolute atomic E-state index is 12.3. The van der Waals surface area contributed by atoms with Crippen LogP contribution in [0.4, 0.5) is 5.69 Å². The van der Waals surface area contributed by atoms with E-state index in [-0.39, 0.29) is 11.7 Å². The highest BCUT2D eigenvalue weighted by Crippen LogP contribution is 2.15. The zero-order valence-corrected chi connectivity index (χ0v) is 13.5. The van der Waals surface area contributed by atoms with E-state index in [2.05, 4.69) is 15.4 Å². The van der Waals surface area contributed by atoms with E-state index in [9.17, 15) is 4.79 Å². The maximum atomic E-state index is 12.3. The van der Waals surface area contributed by atoms with E-state index in [1.807, 2.05) is 43.3 Å². The number of aromatic nitrogens is 3. The summed E-state index contributed by atoms with van der Waals surface area (Å²) in [4.78, 5) is 16.5. The molecule has 1 aromatic heterocycles. The molecule has 0 bridgehead atoms. The van der Waals surface area contributed by atoms with E-state index < -0.39 is 0 Å². The van der Waals surface area contributed by atoms with Gasteiger partial charge in [0.25, 0.3) is 5.91 Å². The number of nitrogens with one attached hydrogen (secondary N) is 1. The highest BCUT2D eigenvalue weighted by atomic mass is 35.5. The summed E-state index contributed by atoms with van der Waals surface area (Å²) in [6.45, 7) is 3.79. The number of carbonyl (C=O) groups excluding carboxylic acids is 1. The van der Waals surface area contributed by atoms with Gasteiger partial charge in [0.05, 0.1) is 5.69 Å². The number of hydrogen-bond acceptors (Lipinski definition) is 3. The van der Waals surface area contributed by atoms with E-state index in [0.717, 1.165) is 11.3 Å². The van der Waals surface area contributed by atoms with E-state index in [1.54, 1.807) is 23.7 Å². The minimum absolute atomic E-state index is 0.123. The SMILES string of the molecule is Cc1ccc(NC(=O)c2nc(C)n(-c3ccc(Cl)cc3)n2)cc1. The molecule has 0 saturated heterocycles. The van der Waals surface area contributed by atoms with E-state index in [4.69, 9.17) is 11.6 Å². The van der Waals surface area contributed by atoms with E-state index in [1.165, 1.54) is 0 Å². The van der Waals surface area contributed by atoms with E-state index in [0.29, 0.717) is 16.5 Å². The third kappa shape index (κ3) is 3.40. The minimum Gasteiger partial charge on any atom is -0.319 e. The number of aryl methyl sites for hydroxylation is 2. The van der Waals surface area contributed by atoms with Crippen molar-refractivity contribution in [3.05, 3.63) is 70.8 Å². The molecule has 0 aliphatic heterocycles. The molecule has 23 heavy (non-hydrogen) atoms. The van der Waals surface area contributed by atoms with Crippen molar-refractivity contribution in [3.8, 4) is 5.69 Å². The molecule has 3 rings (SSSR count). The summed E-state index contributed by atoms with van der Waals surface area (Å²) in [5, 5.41) is 7.70. The summed E-state index contributed by atoms with van der Waals surface area (Å²) in [6.07, 6.45) is 0. The number of hydrogen-bond donors (Lipinski definition) is 1. The van der Waals surface area contributed by atoms with Crippen molar-refractivity contribution in [1.29, 1.82) is 0 Å². The van der Waals surface area contributed by atoms with Crippen LogP contribution in [0.5, 0.6) is 0 Å². The summed E-state index contributed by atoms with van der Waals surface area (Å²) < 4.78 is 1.61. The Kier molecular flexibility index (Phi) is 4.12. The van der Waals surface area contributed by atoms with Crippen LogP contribution in [0.15, 0.2) is 48.5 Å². The van der Waals surface area contributed by atoms with Gasteiger partial charge in [-0.3, -0.25) is 4.79 Å². The molecule has 0 aliphatic carbocycles. The third-order valence-electron chi connectivity index (χ3n) is 3.35. The Bertz CT molecular complexity index is 838. The fraction of sp³-hybridized carbons (Fsp3) is 0.118. The Balaban J connectivity index is 1.83. The maximum Gasteiger partial charge on any atom is 0.295 e. The number of amides is 1. The highest BCUT2D eigenvalue weighted by molar-refractivity contribution is 6.30. The lowest BCUT2D eigenvalue weighted by molar-refractivity contribution is 0.101. The molecule has 1 amide bonds. The van der Waals surface area contributed by atoms with Gasteiger partial charge in [-0.25, -0.2) is 9.67 Å². The molecule has 6 heteroatoms. The summed E-state index contributed by atoms with van der Waals surface area (Å²) in [6, 6.07) is 14.7. The van der Waals surface area contributed by atoms with Crippen molar-refractivity contribution < 1.29 is 4.79 Å². The van der Waals surface area contributed by atoms with Crippen LogP contribution in [0.3, 0.4) is 0 Å². The Morgan fingerprint density at radius 1 is 1.04 bits per heavy atom. The Labute approximate surface area is 138 Å². The average molecular weight is 327 g/mol. The van der Waals surface area contributed by atoms with Crippen LogP contribution < -0.4 is 5.32 Å². The van der Waals surface area contributed by atoms with Crippen LogP contribution in [0, 0.1) is 13.8 Å². The lowest BCUT2D eigenvalue weighted by atomic mass is 10.2. The quantitative estimate of drug-likeness (QED) is 0.796. The van der Waals surface area contributed by atoms with Crippen LogP contribution in [0.25, 0.3) is 5.69 Å². The predicted octanol–water partition coefficient (Wildman–Crippen LogP) is 3.79. The number of nitrogens with zero attached hydrogens (tertiary/aromatic N) is 3. The molecule has 116 valence electrons. The van der Waals surface area contributed by atoms with E-state index >= 15 is 0 Å². The van der Waals surface area contributed by atoms with Gasteiger partial charge in [-0.05, 0) is 50.2 Å². The molecule has 0 fully saturated rings. The number of halogens is 1. The Morgan fingerprint density at radius 2 is 1.70 bits per heavy atom. The molecular weight excluding hydrogens is 312 g/mol. The topological polar surface area (TPSA) is 59.8 Å². The lowest BCUT2D eigenvalue weighted by Gasteiger charge is -2.03. The van der Waals surface area contributed by atoms with Gasteiger partial charge in [0.15, 0.2) is 0 Å². The molecule has 2 aromatic carbocycles. The van der Waals surface area contributed by atoms with Gasteiger partial charge in [0, 0.05) is 10.7 Å². The van der Waals surface area contributed by atoms with Crippen LogP contribution in [0.2, 0.25) is 5.02 Å². The van der Waals surface area contributed by atoms with Gasteiger partial charge < -0.3 is 5.32 Å². The summed E-state index contributed by atoms with van der Waals surface area (Å²) in [7, 11) is 0. The summed E-state index contributed by atoms with van der Waals surface area (Å²) in [5.74, 6) is 0.407. The van der Waals surface area contributed by atoms with Gasteiger partial charge in [0.1, 0.15) is 5.82 Å².